The fraction of sp³-hybridized carbons (Fsp3) is 0.562. The first-order chi connectivity index (χ1) is 10.3. The van der Waals surface area contributed by atoms with Crippen LogP contribution < -0.4 is 5.32 Å². The van der Waals surface area contributed by atoms with E-state index >= 15 is 0 Å². The second kappa shape index (κ2) is 8.78. The van der Waals surface area contributed by atoms with E-state index in [1.165, 1.54) is 0 Å². The molecule has 22 heavy (non-hydrogen) atoms. The third-order valence-electron chi connectivity index (χ3n) is 2.77. The molecule has 1 amide bonds. The van der Waals surface area contributed by atoms with E-state index in [4.69, 9.17) is 4.74 Å². The molecule has 0 saturated heterocycles. The molecule has 0 saturated carbocycles. The van der Waals surface area contributed by atoms with Crippen molar-refractivity contribution in [1.82, 2.24) is 10.3 Å². The van der Waals surface area contributed by atoms with Crippen molar-refractivity contribution < 1.29 is 14.3 Å². The highest BCUT2D eigenvalue weighted by molar-refractivity contribution is 7.98. The summed E-state index contributed by atoms with van der Waals surface area (Å²) in [7, 11) is 0. The van der Waals surface area contributed by atoms with Crippen molar-refractivity contribution in [3.63, 3.8) is 0 Å². The molecule has 6 heteroatoms. The van der Waals surface area contributed by atoms with Crippen LogP contribution in [0.1, 0.15) is 32.9 Å². The third-order valence-corrected chi connectivity index (χ3v) is 3.42. The van der Waals surface area contributed by atoms with Crippen LogP contribution in [0.15, 0.2) is 24.4 Å². The molecule has 0 spiro atoms. The van der Waals surface area contributed by atoms with Gasteiger partial charge in [-0.2, -0.15) is 11.8 Å². The zero-order chi connectivity index (χ0) is 16.6. The molecule has 0 aromatic carbocycles. The fourth-order valence-corrected chi connectivity index (χ4v) is 2.27. The van der Waals surface area contributed by atoms with E-state index in [2.05, 4.69) is 10.3 Å². The van der Waals surface area contributed by atoms with Crippen molar-refractivity contribution in [2.75, 3.05) is 12.0 Å². The van der Waals surface area contributed by atoms with E-state index < -0.39 is 17.7 Å². The molecule has 1 aromatic heterocycles. The highest BCUT2D eigenvalue weighted by atomic mass is 32.2. The summed E-state index contributed by atoms with van der Waals surface area (Å²) in [6, 6.07) is 4.90. The molecule has 0 aliphatic carbocycles. The van der Waals surface area contributed by atoms with E-state index in [9.17, 15) is 9.59 Å². The van der Waals surface area contributed by atoms with E-state index in [1.807, 2.05) is 12.3 Å². The number of rotatable bonds is 7. The van der Waals surface area contributed by atoms with E-state index in [-0.39, 0.29) is 12.2 Å². The first-order valence-electron chi connectivity index (χ1n) is 7.23. The number of ether oxygens (including phenoxy) is 1. The number of Topliss-reactive ketones (excluding diaryl/α,β-unsaturated/α-hetero) is 1. The van der Waals surface area contributed by atoms with Crippen LogP contribution in [0.25, 0.3) is 0 Å². The number of nitrogens with one attached hydrogen (secondary N) is 1. The zero-order valence-corrected chi connectivity index (χ0v) is 14.4. The Balaban J connectivity index is 2.66. The van der Waals surface area contributed by atoms with Gasteiger partial charge in [0.1, 0.15) is 5.60 Å². The molecule has 0 bridgehead atoms. The second-order valence-corrected chi connectivity index (χ2v) is 6.93. The fourth-order valence-electron chi connectivity index (χ4n) is 1.80. The monoisotopic (exact) mass is 324 g/mol. The summed E-state index contributed by atoms with van der Waals surface area (Å²) in [5, 5.41) is 2.68. The smallest absolute Gasteiger partial charge is 0.408 e. The Hall–Kier alpha value is -1.56. The molecular weight excluding hydrogens is 300 g/mol. The minimum atomic E-state index is -0.585. The molecule has 1 aromatic rings. The maximum atomic E-state index is 12.4. The molecule has 0 radical (unpaired) electrons. The van der Waals surface area contributed by atoms with Gasteiger partial charge in [-0.25, -0.2) is 4.79 Å². The van der Waals surface area contributed by atoms with Crippen molar-refractivity contribution in [3.8, 4) is 0 Å². The second-order valence-electron chi connectivity index (χ2n) is 5.94. The summed E-state index contributed by atoms with van der Waals surface area (Å²) in [5.74, 6) is 0.729. The predicted molar refractivity (Wildman–Crippen MR) is 89.1 cm³/mol. The lowest BCUT2D eigenvalue weighted by atomic mass is 10.1. The van der Waals surface area contributed by atoms with E-state index in [0.717, 1.165) is 5.75 Å². The maximum Gasteiger partial charge on any atom is 0.408 e. The Bertz CT molecular complexity index is 486. The highest BCUT2D eigenvalue weighted by Crippen LogP contribution is 2.09. The third kappa shape index (κ3) is 7.45. The molecule has 1 N–H and O–H groups in total. The van der Waals surface area contributed by atoms with Crippen LogP contribution in [0.3, 0.4) is 0 Å². The molecule has 1 atom stereocenters. The quantitative estimate of drug-likeness (QED) is 0.835. The van der Waals surface area contributed by atoms with E-state index in [1.54, 1.807) is 50.9 Å². The molecule has 1 rings (SSSR count). The maximum absolute atomic E-state index is 12.4. The van der Waals surface area contributed by atoms with Crippen LogP contribution in [0.5, 0.6) is 0 Å². The standard InChI is InChI=1S/C16H24N2O3S/c1-16(2,3)21-15(20)18-13(8-10-22-4)14(19)11-12-7-5-6-9-17-12/h5-7,9,13H,8,10-11H2,1-4H3,(H,18,20)/t13-/m0/s1. The van der Waals surface area contributed by atoms with Crippen LogP contribution in [0, 0.1) is 0 Å². The SMILES string of the molecule is CSCC[C@H](NC(=O)OC(C)(C)C)C(=O)Cc1ccccn1. The predicted octanol–water partition coefficient (Wildman–Crippen LogP) is 2.84. The Kier molecular flexibility index (Phi) is 7.38. The normalized spacial score (nSPS) is 12.5. The van der Waals surface area contributed by atoms with E-state index in [0.29, 0.717) is 12.1 Å². The summed E-state index contributed by atoms with van der Waals surface area (Å²) in [5.41, 5.74) is 0.116. The Morgan fingerprint density at radius 2 is 2.09 bits per heavy atom. The van der Waals surface area contributed by atoms with Gasteiger partial charge in [0.05, 0.1) is 12.5 Å². The van der Waals surface area contributed by atoms with Gasteiger partial charge < -0.3 is 10.1 Å². The van der Waals surface area contributed by atoms with Crippen LogP contribution in [0.4, 0.5) is 4.79 Å². The number of carbonyl (C=O) groups excluding carboxylic acids is 2. The minimum absolute atomic E-state index is 0.0568. The Labute approximate surface area is 136 Å². The van der Waals surface area contributed by atoms with Gasteiger partial charge >= 0.3 is 6.09 Å². The van der Waals surface area contributed by atoms with Crippen molar-refractivity contribution >= 4 is 23.6 Å². The number of carbonyl (C=O) groups is 2. The average Bonchev–Trinajstić information content (AvgIpc) is 2.42. The number of thioether (sulfide) groups is 1. The number of alkyl carbamates (subject to hydrolysis) is 1. The molecule has 0 unspecified atom stereocenters. The van der Waals surface area contributed by atoms with Gasteiger partial charge in [-0.15, -0.1) is 0 Å². The molecule has 5 nitrogen and oxygen atoms in total. The largest absolute Gasteiger partial charge is 0.444 e. The van der Waals surface area contributed by atoms with Gasteiger partial charge in [-0.05, 0) is 51.3 Å². The van der Waals surface area contributed by atoms with Crippen LogP contribution in [0.2, 0.25) is 0 Å². The number of nitrogens with zero attached hydrogens (tertiary/aromatic N) is 1. The molecular formula is C16H24N2O3S. The average molecular weight is 324 g/mol. The number of amides is 1. The van der Waals surface area contributed by atoms with Gasteiger partial charge in [0, 0.05) is 11.9 Å². The summed E-state index contributed by atoms with van der Waals surface area (Å²) in [4.78, 5) is 28.4. The van der Waals surface area contributed by atoms with Gasteiger partial charge in [-0.3, -0.25) is 9.78 Å². The Morgan fingerprint density at radius 1 is 1.36 bits per heavy atom. The summed E-state index contributed by atoms with van der Waals surface area (Å²) in [6.45, 7) is 5.37. The number of pyridine rings is 1. The first kappa shape index (κ1) is 18.5. The summed E-state index contributed by atoms with van der Waals surface area (Å²) >= 11 is 1.63. The summed E-state index contributed by atoms with van der Waals surface area (Å²) in [6.07, 6.45) is 3.84. The summed E-state index contributed by atoms with van der Waals surface area (Å²) < 4.78 is 5.22. The lowest BCUT2D eigenvalue weighted by molar-refractivity contribution is -0.120. The van der Waals surface area contributed by atoms with Gasteiger partial charge in [0.2, 0.25) is 0 Å². The van der Waals surface area contributed by atoms with Crippen molar-refractivity contribution in [2.24, 2.45) is 0 Å². The molecule has 0 aliphatic rings. The number of hydrogen-bond acceptors (Lipinski definition) is 5. The Morgan fingerprint density at radius 3 is 2.64 bits per heavy atom. The number of hydrogen-bond donors (Lipinski definition) is 1. The van der Waals surface area contributed by atoms with Crippen LogP contribution in [-0.2, 0) is 16.0 Å². The lowest BCUT2D eigenvalue weighted by Gasteiger charge is -2.23. The van der Waals surface area contributed by atoms with Gasteiger partial charge in [0.25, 0.3) is 0 Å². The molecule has 122 valence electrons. The topological polar surface area (TPSA) is 68.3 Å². The first-order valence-corrected chi connectivity index (χ1v) is 8.62. The molecule has 1 heterocycles. The van der Waals surface area contributed by atoms with Gasteiger partial charge in [-0.1, -0.05) is 6.07 Å². The highest BCUT2D eigenvalue weighted by Gasteiger charge is 2.24. The zero-order valence-electron chi connectivity index (χ0n) is 13.6. The minimum Gasteiger partial charge on any atom is -0.444 e. The van der Waals surface area contributed by atoms with Crippen molar-refractivity contribution in [2.45, 2.75) is 45.3 Å². The lowest BCUT2D eigenvalue weighted by Crippen LogP contribution is -2.44. The van der Waals surface area contributed by atoms with Crippen molar-refractivity contribution in [1.29, 1.82) is 0 Å². The molecule has 0 aliphatic heterocycles. The van der Waals surface area contributed by atoms with Gasteiger partial charge in [0.15, 0.2) is 5.78 Å². The number of ketones is 1. The van der Waals surface area contributed by atoms with Crippen molar-refractivity contribution in [3.05, 3.63) is 30.1 Å². The van der Waals surface area contributed by atoms with Crippen LogP contribution >= 0.6 is 11.8 Å². The van der Waals surface area contributed by atoms with Crippen LogP contribution in [-0.4, -0.2) is 40.5 Å². The molecule has 0 fully saturated rings. The number of aromatic nitrogens is 1.